The fourth-order valence-electron chi connectivity index (χ4n) is 1.59. The van der Waals surface area contributed by atoms with Gasteiger partial charge in [0, 0.05) is 11.6 Å². The number of thiol groups is 1. The first kappa shape index (κ1) is 17.8. The van der Waals surface area contributed by atoms with E-state index < -0.39 is 0 Å². The molecule has 1 heterocycles. The minimum Gasteiger partial charge on any atom is -0.488 e. The lowest BCUT2D eigenvalue weighted by Gasteiger charge is -2.22. The average Bonchev–Trinajstić information content (AvgIpc) is 2.45. The highest BCUT2D eigenvalue weighted by Crippen LogP contribution is 2.37. The maximum atomic E-state index is 13.3. The Morgan fingerprint density at radius 2 is 1.84 bits per heavy atom. The molecule has 0 spiro atoms. The van der Waals surface area contributed by atoms with Gasteiger partial charge in [0.05, 0.1) is 0 Å². The van der Waals surface area contributed by atoms with Crippen LogP contribution in [0.25, 0.3) is 5.57 Å². The molecule has 106 valence electrons. The maximum absolute atomic E-state index is 13.3. The molecule has 19 heavy (non-hydrogen) atoms. The van der Waals surface area contributed by atoms with E-state index in [1.54, 1.807) is 18.4 Å². The van der Waals surface area contributed by atoms with Crippen molar-refractivity contribution in [2.45, 2.75) is 34.6 Å². The molecular formula is C16H23FOS. The third-order valence-electron chi connectivity index (χ3n) is 2.46. The molecule has 1 aliphatic rings. The summed E-state index contributed by atoms with van der Waals surface area (Å²) in [4.78, 5) is 0. The molecule has 2 rings (SSSR count). The second kappa shape index (κ2) is 8.81. The van der Waals surface area contributed by atoms with Crippen LogP contribution >= 0.6 is 12.6 Å². The molecule has 0 bridgehead atoms. The van der Waals surface area contributed by atoms with Crippen molar-refractivity contribution in [3.05, 3.63) is 46.6 Å². The van der Waals surface area contributed by atoms with Gasteiger partial charge in [-0.3, -0.25) is 0 Å². The first-order valence-corrected chi connectivity index (χ1v) is 7.11. The predicted molar refractivity (Wildman–Crippen MR) is 85.4 cm³/mol. The van der Waals surface area contributed by atoms with E-state index in [9.17, 15) is 4.39 Å². The monoisotopic (exact) mass is 282 g/mol. The Hall–Kier alpha value is -1.22. The van der Waals surface area contributed by atoms with Gasteiger partial charge < -0.3 is 4.74 Å². The molecule has 0 saturated carbocycles. The van der Waals surface area contributed by atoms with Crippen LogP contribution in [-0.2, 0) is 0 Å². The predicted octanol–water partition coefficient (Wildman–Crippen LogP) is 5.41. The highest BCUT2D eigenvalue weighted by molar-refractivity contribution is 7.83. The summed E-state index contributed by atoms with van der Waals surface area (Å²) < 4.78 is 18.7. The fourth-order valence-corrected chi connectivity index (χ4v) is 1.91. The summed E-state index contributed by atoms with van der Waals surface area (Å²) in [7, 11) is 0. The summed E-state index contributed by atoms with van der Waals surface area (Å²) >= 11 is 4.14. The standard InChI is InChI=1S/C12H11FOS.2C2H6/c1-7-3-9-10(6-15)8(2)5-14-12(9)4-11(7)13;2*1-2/h3-4,6,15H,2,5H2,1H3;2*1-2H3/b10-6+;;. The van der Waals surface area contributed by atoms with Crippen molar-refractivity contribution in [3.8, 4) is 5.75 Å². The lowest BCUT2D eigenvalue weighted by atomic mass is 9.96. The van der Waals surface area contributed by atoms with E-state index in [-0.39, 0.29) is 5.82 Å². The van der Waals surface area contributed by atoms with Crippen LogP contribution in [0.15, 0.2) is 29.7 Å². The summed E-state index contributed by atoms with van der Waals surface area (Å²) in [5.74, 6) is 0.311. The van der Waals surface area contributed by atoms with Crippen LogP contribution < -0.4 is 4.74 Å². The number of hydrogen-bond acceptors (Lipinski definition) is 2. The average molecular weight is 282 g/mol. The van der Waals surface area contributed by atoms with Crippen LogP contribution in [0.4, 0.5) is 4.39 Å². The Kier molecular flexibility index (Phi) is 8.24. The molecule has 1 aliphatic heterocycles. The van der Waals surface area contributed by atoms with Crippen molar-refractivity contribution >= 4 is 18.2 Å². The third kappa shape index (κ3) is 4.13. The van der Waals surface area contributed by atoms with Crippen molar-refractivity contribution in [3.63, 3.8) is 0 Å². The summed E-state index contributed by atoms with van der Waals surface area (Å²) in [6.45, 7) is 14.0. The van der Waals surface area contributed by atoms with Crippen LogP contribution in [0.5, 0.6) is 5.75 Å². The highest BCUT2D eigenvalue weighted by Gasteiger charge is 2.19. The van der Waals surface area contributed by atoms with Gasteiger partial charge in [0.1, 0.15) is 18.2 Å². The summed E-state index contributed by atoms with van der Waals surface area (Å²) in [5.41, 5.74) is 3.24. The molecule has 0 unspecified atom stereocenters. The zero-order chi connectivity index (χ0) is 15.0. The van der Waals surface area contributed by atoms with Crippen LogP contribution in [0.2, 0.25) is 0 Å². The normalized spacial score (nSPS) is 14.5. The van der Waals surface area contributed by atoms with Gasteiger partial charge in [-0.2, -0.15) is 12.6 Å². The van der Waals surface area contributed by atoms with Gasteiger partial charge in [-0.25, -0.2) is 4.39 Å². The Bertz CT molecular complexity index is 464. The van der Waals surface area contributed by atoms with Gasteiger partial charge in [0.15, 0.2) is 0 Å². The Labute approximate surface area is 121 Å². The van der Waals surface area contributed by atoms with Gasteiger partial charge >= 0.3 is 0 Å². The van der Waals surface area contributed by atoms with Crippen molar-refractivity contribution in [1.29, 1.82) is 0 Å². The molecule has 0 N–H and O–H groups in total. The SMILES string of the molecule is C=C1COc2cc(F)c(C)cc2/C1=C/S.CC.CC. The van der Waals surface area contributed by atoms with E-state index in [4.69, 9.17) is 4.74 Å². The molecule has 1 nitrogen and oxygen atoms in total. The van der Waals surface area contributed by atoms with Crippen molar-refractivity contribution in [1.82, 2.24) is 0 Å². The van der Waals surface area contributed by atoms with E-state index in [1.807, 2.05) is 27.7 Å². The van der Waals surface area contributed by atoms with Crippen LogP contribution in [-0.4, -0.2) is 6.61 Å². The molecule has 0 fully saturated rings. The summed E-state index contributed by atoms with van der Waals surface area (Å²) in [6.07, 6.45) is 0. The Morgan fingerprint density at radius 3 is 2.37 bits per heavy atom. The first-order valence-electron chi connectivity index (χ1n) is 6.59. The minimum absolute atomic E-state index is 0.250. The number of halogens is 1. The van der Waals surface area contributed by atoms with Gasteiger partial charge in [-0.05, 0) is 35.1 Å². The molecule has 1 aromatic carbocycles. The topological polar surface area (TPSA) is 9.23 Å². The van der Waals surface area contributed by atoms with E-state index in [0.29, 0.717) is 17.9 Å². The van der Waals surface area contributed by atoms with Crippen molar-refractivity contribution in [2.24, 2.45) is 0 Å². The first-order chi connectivity index (χ1) is 9.13. The van der Waals surface area contributed by atoms with Gasteiger partial charge in [0.25, 0.3) is 0 Å². The quantitative estimate of drug-likeness (QED) is 0.626. The van der Waals surface area contributed by atoms with E-state index in [1.165, 1.54) is 6.07 Å². The summed E-state index contributed by atoms with van der Waals surface area (Å²) in [5, 5.41) is 1.68. The fraction of sp³-hybridized carbons (Fsp3) is 0.375. The summed E-state index contributed by atoms with van der Waals surface area (Å²) in [6, 6.07) is 3.17. The van der Waals surface area contributed by atoms with Crippen LogP contribution in [0, 0.1) is 12.7 Å². The lowest BCUT2D eigenvalue weighted by molar-refractivity contribution is 0.346. The van der Waals surface area contributed by atoms with Gasteiger partial charge in [-0.15, -0.1) is 0 Å². The largest absolute Gasteiger partial charge is 0.488 e. The molecule has 0 saturated heterocycles. The van der Waals surface area contributed by atoms with E-state index >= 15 is 0 Å². The Balaban J connectivity index is 0.000000741. The second-order valence-electron chi connectivity index (χ2n) is 3.53. The third-order valence-corrected chi connectivity index (χ3v) is 2.72. The second-order valence-corrected chi connectivity index (χ2v) is 3.79. The maximum Gasteiger partial charge on any atom is 0.130 e. The number of rotatable bonds is 0. The molecular weight excluding hydrogens is 259 g/mol. The lowest BCUT2D eigenvalue weighted by Crippen LogP contribution is -2.11. The number of fused-ring (bicyclic) bond motifs is 1. The molecule has 0 aliphatic carbocycles. The number of hydrogen-bond donors (Lipinski definition) is 1. The Morgan fingerprint density at radius 1 is 1.26 bits per heavy atom. The van der Waals surface area contributed by atoms with Crippen molar-refractivity contribution < 1.29 is 9.13 Å². The molecule has 0 amide bonds. The molecule has 0 atom stereocenters. The highest BCUT2D eigenvalue weighted by atomic mass is 32.1. The molecule has 1 aromatic rings. The number of benzene rings is 1. The minimum atomic E-state index is -0.250. The van der Waals surface area contributed by atoms with Crippen LogP contribution in [0.3, 0.4) is 0 Å². The van der Waals surface area contributed by atoms with Crippen molar-refractivity contribution in [2.75, 3.05) is 6.61 Å². The molecule has 0 radical (unpaired) electrons. The van der Waals surface area contributed by atoms with Gasteiger partial charge in [0.2, 0.25) is 0 Å². The number of ether oxygens (including phenoxy) is 1. The zero-order valence-electron chi connectivity index (χ0n) is 12.4. The molecule has 0 aromatic heterocycles. The molecule has 3 heteroatoms. The van der Waals surface area contributed by atoms with E-state index in [2.05, 4.69) is 19.2 Å². The van der Waals surface area contributed by atoms with Crippen LogP contribution in [0.1, 0.15) is 38.8 Å². The van der Waals surface area contributed by atoms with Gasteiger partial charge in [-0.1, -0.05) is 34.3 Å². The number of aryl methyl sites for hydroxylation is 1. The van der Waals surface area contributed by atoms with E-state index in [0.717, 1.165) is 16.7 Å². The smallest absolute Gasteiger partial charge is 0.130 e. The zero-order valence-corrected chi connectivity index (χ0v) is 13.3.